The second-order valence-corrected chi connectivity index (χ2v) is 6.50. The van der Waals surface area contributed by atoms with Crippen molar-refractivity contribution in [2.45, 2.75) is 26.4 Å². The SMILES string of the molecule is CC(C)(C)OC(=O)Nc1nccc2c(Br)ccc(Cl)c12. The Hall–Kier alpha value is -1.33. The van der Waals surface area contributed by atoms with Crippen LogP contribution < -0.4 is 5.32 Å². The van der Waals surface area contributed by atoms with Gasteiger partial charge in [0.1, 0.15) is 11.4 Å². The molecule has 2 aromatic rings. The van der Waals surface area contributed by atoms with E-state index in [-0.39, 0.29) is 0 Å². The number of hydrogen-bond acceptors (Lipinski definition) is 3. The lowest BCUT2D eigenvalue weighted by Gasteiger charge is -2.20. The van der Waals surface area contributed by atoms with Gasteiger partial charge in [-0.3, -0.25) is 5.32 Å². The second-order valence-electron chi connectivity index (χ2n) is 5.24. The van der Waals surface area contributed by atoms with Gasteiger partial charge in [0.15, 0.2) is 0 Å². The van der Waals surface area contributed by atoms with E-state index in [0.29, 0.717) is 16.2 Å². The summed E-state index contributed by atoms with van der Waals surface area (Å²) in [4.78, 5) is 16.0. The summed E-state index contributed by atoms with van der Waals surface area (Å²) in [6, 6.07) is 5.42. The summed E-state index contributed by atoms with van der Waals surface area (Å²) in [5, 5.41) is 4.70. The number of fused-ring (bicyclic) bond motifs is 1. The minimum Gasteiger partial charge on any atom is -0.444 e. The van der Waals surface area contributed by atoms with E-state index in [4.69, 9.17) is 16.3 Å². The number of benzene rings is 1. The zero-order chi connectivity index (χ0) is 14.9. The van der Waals surface area contributed by atoms with Crippen LogP contribution in [-0.4, -0.2) is 16.7 Å². The van der Waals surface area contributed by atoms with Crippen molar-refractivity contribution in [1.82, 2.24) is 4.98 Å². The summed E-state index contributed by atoms with van der Waals surface area (Å²) in [6.45, 7) is 5.39. The van der Waals surface area contributed by atoms with Crippen molar-refractivity contribution in [3.8, 4) is 0 Å². The van der Waals surface area contributed by atoms with E-state index in [2.05, 4.69) is 26.2 Å². The molecular weight excluding hydrogens is 344 g/mol. The molecule has 0 spiro atoms. The summed E-state index contributed by atoms with van der Waals surface area (Å²) in [5.74, 6) is 0.378. The molecule has 20 heavy (non-hydrogen) atoms. The maximum Gasteiger partial charge on any atom is 0.413 e. The molecule has 0 aliphatic heterocycles. The average Bonchev–Trinajstić information content (AvgIpc) is 2.31. The van der Waals surface area contributed by atoms with Crippen LogP contribution in [0.2, 0.25) is 5.02 Å². The van der Waals surface area contributed by atoms with Crippen molar-refractivity contribution in [3.05, 3.63) is 33.9 Å². The van der Waals surface area contributed by atoms with E-state index >= 15 is 0 Å². The number of pyridine rings is 1. The van der Waals surface area contributed by atoms with Gasteiger partial charge in [-0.15, -0.1) is 0 Å². The fourth-order valence-electron chi connectivity index (χ4n) is 1.72. The number of rotatable bonds is 1. The van der Waals surface area contributed by atoms with Crippen molar-refractivity contribution in [2.75, 3.05) is 5.32 Å². The van der Waals surface area contributed by atoms with Crippen molar-refractivity contribution < 1.29 is 9.53 Å². The van der Waals surface area contributed by atoms with E-state index in [1.807, 2.05) is 12.1 Å². The zero-order valence-corrected chi connectivity index (χ0v) is 13.7. The Kier molecular flexibility index (Phi) is 4.20. The Labute approximate surface area is 130 Å². The summed E-state index contributed by atoms with van der Waals surface area (Å²) in [7, 11) is 0. The molecule has 0 atom stereocenters. The number of carbonyl (C=O) groups excluding carboxylic acids is 1. The Balaban J connectivity index is 2.41. The minimum absolute atomic E-state index is 0.378. The lowest BCUT2D eigenvalue weighted by atomic mass is 10.1. The van der Waals surface area contributed by atoms with Crippen molar-refractivity contribution in [3.63, 3.8) is 0 Å². The number of amides is 1. The van der Waals surface area contributed by atoms with Crippen LogP contribution in [0.25, 0.3) is 10.8 Å². The molecule has 0 saturated carbocycles. The minimum atomic E-state index is -0.570. The molecule has 2 rings (SSSR count). The van der Waals surface area contributed by atoms with E-state index in [9.17, 15) is 4.79 Å². The van der Waals surface area contributed by atoms with Crippen LogP contribution in [-0.2, 0) is 4.74 Å². The topological polar surface area (TPSA) is 51.2 Å². The van der Waals surface area contributed by atoms with E-state index in [0.717, 1.165) is 9.86 Å². The Morgan fingerprint density at radius 2 is 2.05 bits per heavy atom. The number of nitrogens with zero attached hydrogens (tertiary/aromatic N) is 1. The van der Waals surface area contributed by atoms with Crippen molar-refractivity contribution in [1.29, 1.82) is 0 Å². The predicted octanol–water partition coefficient (Wildman–Crippen LogP) is 5.00. The van der Waals surface area contributed by atoms with Gasteiger partial charge in [-0.2, -0.15) is 0 Å². The van der Waals surface area contributed by atoms with Crippen LogP contribution in [0.1, 0.15) is 20.8 Å². The molecule has 1 aromatic heterocycles. The third-order valence-corrected chi connectivity index (χ3v) is 3.45. The molecule has 0 aliphatic rings. The number of ether oxygens (including phenoxy) is 1. The molecule has 1 N–H and O–H groups in total. The molecule has 106 valence electrons. The van der Waals surface area contributed by atoms with Gasteiger partial charge in [0, 0.05) is 21.4 Å². The highest BCUT2D eigenvalue weighted by atomic mass is 79.9. The molecule has 0 fully saturated rings. The smallest absolute Gasteiger partial charge is 0.413 e. The number of anilines is 1. The third-order valence-electron chi connectivity index (χ3n) is 2.44. The van der Waals surface area contributed by atoms with Crippen LogP contribution in [0.15, 0.2) is 28.9 Å². The molecule has 1 amide bonds. The van der Waals surface area contributed by atoms with Crippen LogP contribution in [0.5, 0.6) is 0 Å². The lowest BCUT2D eigenvalue weighted by molar-refractivity contribution is 0.0635. The monoisotopic (exact) mass is 356 g/mol. The second kappa shape index (κ2) is 5.58. The number of carbonyl (C=O) groups is 1. The first-order chi connectivity index (χ1) is 9.28. The number of halogens is 2. The van der Waals surface area contributed by atoms with Crippen molar-refractivity contribution in [2.24, 2.45) is 0 Å². The Bertz CT molecular complexity index is 668. The van der Waals surface area contributed by atoms with Gasteiger partial charge in [-0.1, -0.05) is 27.5 Å². The first-order valence-corrected chi connectivity index (χ1v) is 7.18. The highest BCUT2D eigenvalue weighted by molar-refractivity contribution is 9.10. The Morgan fingerprint density at radius 1 is 1.35 bits per heavy atom. The quantitative estimate of drug-likeness (QED) is 0.781. The third kappa shape index (κ3) is 3.41. The molecule has 0 bridgehead atoms. The van der Waals surface area contributed by atoms with Gasteiger partial charge in [-0.25, -0.2) is 9.78 Å². The first kappa shape index (κ1) is 15.1. The van der Waals surface area contributed by atoms with Gasteiger partial charge in [0.25, 0.3) is 0 Å². The number of hydrogen-bond donors (Lipinski definition) is 1. The van der Waals surface area contributed by atoms with Gasteiger partial charge in [0.2, 0.25) is 0 Å². The molecule has 1 aromatic carbocycles. The van der Waals surface area contributed by atoms with E-state index in [1.54, 1.807) is 33.0 Å². The van der Waals surface area contributed by atoms with Crippen LogP contribution in [0.4, 0.5) is 10.6 Å². The Morgan fingerprint density at radius 3 is 2.70 bits per heavy atom. The standard InChI is InChI=1S/C14H14BrClN2O2/c1-14(2,3)20-13(19)18-12-11-8(6-7-17-12)9(15)4-5-10(11)16/h4-7H,1-3H3,(H,17,18,19). The molecule has 0 radical (unpaired) electrons. The number of aromatic nitrogens is 1. The van der Waals surface area contributed by atoms with Crippen molar-refractivity contribution >= 4 is 50.2 Å². The van der Waals surface area contributed by atoms with E-state index < -0.39 is 11.7 Å². The molecule has 0 unspecified atom stereocenters. The molecule has 1 heterocycles. The molecule has 0 aliphatic carbocycles. The van der Waals surface area contributed by atoms with Gasteiger partial charge < -0.3 is 4.74 Å². The summed E-state index contributed by atoms with van der Waals surface area (Å²) >= 11 is 9.65. The maximum absolute atomic E-state index is 11.8. The summed E-state index contributed by atoms with van der Waals surface area (Å²) in [6.07, 6.45) is 1.05. The molecule has 0 saturated heterocycles. The normalized spacial score (nSPS) is 11.4. The molecular formula is C14H14BrClN2O2. The fraction of sp³-hybridized carbons (Fsp3) is 0.286. The van der Waals surface area contributed by atoms with Crippen LogP contribution in [0.3, 0.4) is 0 Å². The predicted molar refractivity (Wildman–Crippen MR) is 84.3 cm³/mol. The van der Waals surface area contributed by atoms with Gasteiger partial charge >= 0.3 is 6.09 Å². The van der Waals surface area contributed by atoms with Gasteiger partial charge in [0.05, 0.1) is 5.02 Å². The lowest BCUT2D eigenvalue weighted by Crippen LogP contribution is -2.27. The largest absolute Gasteiger partial charge is 0.444 e. The summed E-state index contributed by atoms with van der Waals surface area (Å²) in [5.41, 5.74) is -0.570. The maximum atomic E-state index is 11.8. The fourth-order valence-corrected chi connectivity index (χ4v) is 2.43. The highest BCUT2D eigenvalue weighted by Gasteiger charge is 2.18. The van der Waals surface area contributed by atoms with Gasteiger partial charge in [-0.05, 0) is 39.0 Å². The van der Waals surface area contributed by atoms with Crippen LogP contribution >= 0.6 is 27.5 Å². The van der Waals surface area contributed by atoms with E-state index in [1.165, 1.54) is 0 Å². The molecule has 6 heteroatoms. The number of nitrogens with one attached hydrogen (secondary N) is 1. The first-order valence-electron chi connectivity index (χ1n) is 6.00. The zero-order valence-electron chi connectivity index (χ0n) is 11.3. The highest BCUT2D eigenvalue weighted by Crippen LogP contribution is 2.33. The average molecular weight is 358 g/mol. The molecule has 4 nitrogen and oxygen atoms in total. The summed E-state index contributed by atoms with van der Waals surface area (Å²) < 4.78 is 6.10. The van der Waals surface area contributed by atoms with Crippen LogP contribution in [0, 0.1) is 0 Å².